The number of hydrogen-bond donors (Lipinski definition) is 0. The summed E-state index contributed by atoms with van der Waals surface area (Å²) in [5.41, 5.74) is -5.40. The molecular formula is C20H26F3NO6S. The van der Waals surface area contributed by atoms with Gasteiger partial charge in [-0.25, -0.2) is 4.79 Å². The molecule has 1 aromatic rings. The van der Waals surface area contributed by atoms with Crippen LogP contribution in [0.15, 0.2) is 18.2 Å². The van der Waals surface area contributed by atoms with E-state index in [-0.39, 0.29) is 6.04 Å². The maximum absolute atomic E-state index is 12.6. The minimum atomic E-state index is -5.74. The van der Waals surface area contributed by atoms with Crippen LogP contribution >= 0.6 is 0 Å². The Bertz CT molecular complexity index is 957. The van der Waals surface area contributed by atoms with Crippen LogP contribution in [0.3, 0.4) is 0 Å². The highest BCUT2D eigenvalue weighted by Crippen LogP contribution is 2.44. The van der Waals surface area contributed by atoms with Crippen LogP contribution in [0.25, 0.3) is 0 Å². The quantitative estimate of drug-likeness (QED) is 0.483. The summed E-state index contributed by atoms with van der Waals surface area (Å²) >= 11 is 0. The summed E-state index contributed by atoms with van der Waals surface area (Å²) in [4.78, 5) is 14.1. The SMILES string of the molecule is C[C@H]1CC2(CCN1C(=O)OC(C)(C)C)OCCc1cc(OS(=O)(=O)C(F)(F)F)ccc12. The summed E-state index contributed by atoms with van der Waals surface area (Å²) in [6, 6.07) is 3.86. The zero-order valence-corrected chi connectivity index (χ0v) is 18.6. The second-order valence-electron chi connectivity index (χ2n) is 8.87. The third-order valence-corrected chi connectivity index (χ3v) is 6.33. The van der Waals surface area contributed by atoms with Crippen molar-refractivity contribution < 1.29 is 40.0 Å². The molecule has 1 fully saturated rings. The third kappa shape index (κ3) is 4.92. The minimum Gasteiger partial charge on any atom is -0.444 e. The fourth-order valence-electron chi connectivity index (χ4n) is 4.06. The molecule has 7 nitrogen and oxygen atoms in total. The molecule has 3 rings (SSSR count). The lowest BCUT2D eigenvalue weighted by atomic mass is 9.77. The number of hydrogen-bond acceptors (Lipinski definition) is 6. The Kier molecular flexibility index (Phi) is 5.98. The van der Waals surface area contributed by atoms with Crippen LogP contribution in [0.4, 0.5) is 18.0 Å². The first-order valence-electron chi connectivity index (χ1n) is 9.91. The van der Waals surface area contributed by atoms with Crippen molar-refractivity contribution in [2.24, 2.45) is 0 Å². The Labute approximate surface area is 179 Å². The van der Waals surface area contributed by atoms with Gasteiger partial charge in [0.2, 0.25) is 0 Å². The summed E-state index contributed by atoms with van der Waals surface area (Å²) in [5.74, 6) is -0.396. The number of rotatable bonds is 2. The second kappa shape index (κ2) is 7.84. The van der Waals surface area contributed by atoms with Crippen LogP contribution in [-0.2, 0) is 31.6 Å². The number of nitrogens with zero attached hydrogens (tertiary/aromatic N) is 1. The molecule has 1 saturated heterocycles. The molecule has 1 unspecified atom stereocenters. The van der Waals surface area contributed by atoms with E-state index in [4.69, 9.17) is 9.47 Å². The molecule has 174 valence electrons. The lowest BCUT2D eigenvalue weighted by Gasteiger charge is -2.48. The molecule has 1 spiro atoms. The average Bonchev–Trinajstić information content (AvgIpc) is 2.59. The Morgan fingerprint density at radius 3 is 2.52 bits per heavy atom. The molecule has 0 saturated carbocycles. The summed E-state index contributed by atoms with van der Waals surface area (Å²) < 4.78 is 76.3. The zero-order chi connectivity index (χ0) is 23.2. The lowest BCUT2D eigenvalue weighted by molar-refractivity contribution is -0.110. The number of piperidine rings is 1. The first-order valence-corrected chi connectivity index (χ1v) is 11.3. The summed E-state index contributed by atoms with van der Waals surface area (Å²) in [6.07, 6.45) is 0.946. The van der Waals surface area contributed by atoms with Crippen molar-refractivity contribution in [1.82, 2.24) is 4.90 Å². The number of likely N-dealkylation sites (tertiary alicyclic amines) is 1. The smallest absolute Gasteiger partial charge is 0.444 e. The molecule has 11 heteroatoms. The molecule has 1 aromatic carbocycles. The molecular weight excluding hydrogens is 439 g/mol. The fraction of sp³-hybridized carbons (Fsp3) is 0.650. The zero-order valence-electron chi connectivity index (χ0n) is 17.8. The van der Waals surface area contributed by atoms with Crippen molar-refractivity contribution in [3.8, 4) is 5.75 Å². The Hall–Kier alpha value is -2.01. The van der Waals surface area contributed by atoms with E-state index in [2.05, 4.69) is 4.18 Å². The van der Waals surface area contributed by atoms with E-state index in [0.717, 1.165) is 5.56 Å². The van der Waals surface area contributed by atoms with Crippen LogP contribution in [0.2, 0.25) is 0 Å². The van der Waals surface area contributed by atoms with Crippen LogP contribution in [-0.4, -0.2) is 49.7 Å². The van der Waals surface area contributed by atoms with Crippen LogP contribution in [0.5, 0.6) is 5.75 Å². The number of ether oxygens (including phenoxy) is 2. The fourth-order valence-corrected chi connectivity index (χ4v) is 4.51. The van der Waals surface area contributed by atoms with E-state index in [1.54, 1.807) is 31.7 Å². The summed E-state index contributed by atoms with van der Waals surface area (Å²) in [7, 11) is -5.74. The lowest BCUT2D eigenvalue weighted by Crippen LogP contribution is -2.53. The summed E-state index contributed by atoms with van der Waals surface area (Å²) in [6.45, 7) is 7.97. The van der Waals surface area contributed by atoms with E-state index in [1.807, 2.05) is 6.92 Å². The number of alkyl halides is 3. The summed E-state index contributed by atoms with van der Waals surface area (Å²) in [5, 5.41) is 0. The van der Waals surface area contributed by atoms with E-state index in [1.165, 1.54) is 12.1 Å². The topological polar surface area (TPSA) is 82.1 Å². The van der Waals surface area contributed by atoms with E-state index in [0.29, 0.717) is 38.0 Å². The number of fused-ring (bicyclic) bond motifs is 2. The van der Waals surface area contributed by atoms with Gasteiger partial charge in [0.25, 0.3) is 0 Å². The van der Waals surface area contributed by atoms with E-state index < -0.39 is 38.7 Å². The van der Waals surface area contributed by atoms with Crippen molar-refractivity contribution in [1.29, 1.82) is 0 Å². The highest BCUT2D eigenvalue weighted by Gasteiger charge is 2.49. The predicted molar refractivity (Wildman–Crippen MR) is 105 cm³/mol. The van der Waals surface area contributed by atoms with Gasteiger partial charge in [-0.2, -0.15) is 21.6 Å². The Morgan fingerprint density at radius 1 is 1.26 bits per heavy atom. The molecule has 0 radical (unpaired) electrons. The molecule has 0 N–H and O–H groups in total. The first kappa shape index (κ1) is 23.6. The maximum Gasteiger partial charge on any atom is 0.534 e. The van der Waals surface area contributed by atoms with Crippen LogP contribution in [0, 0.1) is 0 Å². The van der Waals surface area contributed by atoms with Gasteiger partial charge in [0.05, 0.1) is 12.2 Å². The monoisotopic (exact) mass is 465 g/mol. The van der Waals surface area contributed by atoms with Gasteiger partial charge < -0.3 is 18.6 Å². The normalized spacial score (nSPS) is 24.6. The number of amides is 1. The molecule has 2 heterocycles. The van der Waals surface area contributed by atoms with Crippen molar-refractivity contribution in [3.05, 3.63) is 29.3 Å². The largest absolute Gasteiger partial charge is 0.534 e. The molecule has 2 aliphatic rings. The van der Waals surface area contributed by atoms with Crippen molar-refractivity contribution in [3.63, 3.8) is 0 Å². The van der Waals surface area contributed by atoms with Crippen molar-refractivity contribution in [2.45, 2.75) is 69.7 Å². The molecule has 0 aliphatic carbocycles. The third-order valence-electron chi connectivity index (χ3n) is 5.35. The van der Waals surface area contributed by atoms with Gasteiger partial charge in [-0.3, -0.25) is 0 Å². The molecule has 1 amide bonds. The van der Waals surface area contributed by atoms with Gasteiger partial charge in [-0.1, -0.05) is 6.07 Å². The highest BCUT2D eigenvalue weighted by atomic mass is 32.2. The average molecular weight is 465 g/mol. The standard InChI is InChI=1S/C20H26F3NO6S/c1-13-12-19(8-9-24(13)17(25)29-18(2,3)4)16-6-5-15(11-14(16)7-10-28-19)30-31(26,27)20(21,22)23/h5-6,11,13H,7-10,12H2,1-4H3/t13-,19?/m0/s1. The van der Waals surface area contributed by atoms with Crippen LogP contribution in [0.1, 0.15) is 51.7 Å². The molecule has 0 bridgehead atoms. The molecule has 2 aliphatic heterocycles. The predicted octanol–water partition coefficient (Wildman–Crippen LogP) is 4.10. The van der Waals surface area contributed by atoms with Crippen LogP contribution < -0.4 is 4.18 Å². The van der Waals surface area contributed by atoms with Gasteiger partial charge >= 0.3 is 21.7 Å². The van der Waals surface area contributed by atoms with E-state index >= 15 is 0 Å². The molecule has 0 aromatic heterocycles. The van der Waals surface area contributed by atoms with Gasteiger partial charge in [0.1, 0.15) is 11.4 Å². The minimum absolute atomic E-state index is 0.198. The van der Waals surface area contributed by atoms with Crippen molar-refractivity contribution in [2.75, 3.05) is 13.2 Å². The van der Waals surface area contributed by atoms with Gasteiger partial charge in [0, 0.05) is 19.0 Å². The second-order valence-corrected chi connectivity index (χ2v) is 10.4. The molecule has 2 atom stereocenters. The molecule has 31 heavy (non-hydrogen) atoms. The van der Waals surface area contributed by atoms with Gasteiger partial charge in [-0.05, 0) is 63.8 Å². The number of benzene rings is 1. The van der Waals surface area contributed by atoms with E-state index in [9.17, 15) is 26.4 Å². The Balaban J connectivity index is 1.82. The van der Waals surface area contributed by atoms with Gasteiger partial charge in [0.15, 0.2) is 0 Å². The van der Waals surface area contributed by atoms with Crippen molar-refractivity contribution >= 4 is 16.2 Å². The number of carbonyl (C=O) groups is 1. The van der Waals surface area contributed by atoms with Gasteiger partial charge in [-0.15, -0.1) is 0 Å². The number of halogens is 3. The highest BCUT2D eigenvalue weighted by molar-refractivity contribution is 7.88. The number of carbonyl (C=O) groups excluding carboxylic acids is 1. The first-order chi connectivity index (χ1) is 14.1. The Morgan fingerprint density at radius 2 is 1.94 bits per heavy atom. The maximum atomic E-state index is 12.6.